The third-order valence-electron chi connectivity index (χ3n) is 4.30. The van der Waals surface area contributed by atoms with Gasteiger partial charge in [-0.2, -0.15) is 0 Å². The van der Waals surface area contributed by atoms with Crippen molar-refractivity contribution in [2.75, 3.05) is 33.7 Å². The number of nitrogens with zero attached hydrogens (tertiary/aromatic N) is 2. The molecule has 1 saturated heterocycles. The van der Waals surface area contributed by atoms with Crippen LogP contribution in [0, 0.1) is 6.92 Å². The molecule has 1 aromatic heterocycles. The van der Waals surface area contributed by atoms with Crippen LogP contribution in [0.1, 0.15) is 36.8 Å². The highest BCUT2D eigenvalue weighted by atomic mass is 16.3. The van der Waals surface area contributed by atoms with E-state index in [1.54, 1.807) is 0 Å². The fourth-order valence-corrected chi connectivity index (χ4v) is 2.91. The van der Waals surface area contributed by atoms with Gasteiger partial charge >= 0.3 is 0 Å². The summed E-state index contributed by atoms with van der Waals surface area (Å²) in [4.78, 5) is 4.91. The van der Waals surface area contributed by atoms with E-state index in [0.717, 1.165) is 37.2 Å². The molecular weight excluding hydrogens is 250 g/mol. The van der Waals surface area contributed by atoms with Crippen molar-refractivity contribution in [3.05, 3.63) is 23.2 Å². The summed E-state index contributed by atoms with van der Waals surface area (Å²) in [5, 5.41) is 3.31. The second kappa shape index (κ2) is 7.25. The Morgan fingerprint density at radius 1 is 1.35 bits per heavy atom. The molecule has 0 unspecified atom stereocenters. The first kappa shape index (κ1) is 15.5. The maximum atomic E-state index is 5.82. The Kier molecular flexibility index (Phi) is 5.64. The number of likely N-dealkylation sites (tertiary alicyclic amines) is 1. The molecule has 0 aliphatic carbocycles. The van der Waals surface area contributed by atoms with Crippen LogP contribution in [-0.4, -0.2) is 49.6 Å². The fraction of sp³-hybridized carbons (Fsp3) is 0.750. The molecule has 0 saturated carbocycles. The van der Waals surface area contributed by atoms with Crippen molar-refractivity contribution >= 4 is 0 Å². The summed E-state index contributed by atoms with van der Waals surface area (Å²) in [6, 6.07) is 2.97. The highest BCUT2D eigenvalue weighted by molar-refractivity contribution is 5.20. The van der Waals surface area contributed by atoms with E-state index < -0.39 is 0 Å². The molecule has 20 heavy (non-hydrogen) atoms. The number of hydrogen-bond acceptors (Lipinski definition) is 4. The number of nitrogens with one attached hydrogen (secondary N) is 1. The van der Waals surface area contributed by atoms with Gasteiger partial charge in [0.15, 0.2) is 0 Å². The highest BCUT2D eigenvalue weighted by Gasteiger charge is 2.21. The summed E-state index contributed by atoms with van der Waals surface area (Å²) in [5.74, 6) is 2.13. The van der Waals surface area contributed by atoms with Gasteiger partial charge in [0.25, 0.3) is 0 Å². The first-order valence-electron chi connectivity index (χ1n) is 7.77. The molecule has 1 aromatic rings. The van der Waals surface area contributed by atoms with Gasteiger partial charge in [-0.3, -0.25) is 4.90 Å². The molecular formula is C16H29N3O. The van der Waals surface area contributed by atoms with Gasteiger partial charge in [0.2, 0.25) is 0 Å². The van der Waals surface area contributed by atoms with E-state index in [1.165, 1.54) is 31.5 Å². The topological polar surface area (TPSA) is 31.6 Å². The van der Waals surface area contributed by atoms with Gasteiger partial charge in [0, 0.05) is 18.2 Å². The standard InChI is InChI=1S/C16H29N3O/c1-5-17-11-16-10-14(13(2)20-16)12-19-8-6-15(7-9-19)18(3)4/h10,15,17H,5-9,11-12H2,1-4H3. The predicted octanol–water partition coefficient (Wildman–Crippen LogP) is 2.22. The second-order valence-corrected chi connectivity index (χ2v) is 6.05. The number of hydrogen-bond donors (Lipinski definition) is 1. The predicted molar refractivity (Wildman–Crippen MR) is 82.8 cm³/mol. The third-order valence-corrected chi connectivity index (χ3v) is 4.30. The Hall–Kier alpha value is -0.840. The summed E-state index contributed by atoms with van der Waals surface area (Å²) >= 11 is 0. The van der Waals surface area contributed by atoms with E-state index >= 15 is 0 Å². The van der Waals surface area contributed by atoms with E-state index in [2.05, 4.69) is 49.1 Å². The number of rotatable bonds is 6. The fourth-order valence-electron chi connectivity index (χ4n) is 2.91. The van der Waals surface area contributed by atoms with Crippen LogP contribution < -0.4 is 5.32 Å². The van der Waals surface area contributed by atoms with Crippen LogP contribution in [0.15, 0.2) is 10.5 Å². The van der Waals surface area contributed by atoms with Gasteiger partial charge in [0.1, 0.15) is 11.5 Å². The minimum Gasteiger partial charge on any atom is -0.465 e. The average molecular weight is 279 g/mol. The first-order chi connectivity index (χ1) is 9.60. The largest absolute Gasteiger partial charge is 0.465 e. The van der Waals surface area contributed by atoms with Gasteiger partial charge in [-0.15, -0.1) is 0 Å². The van der Waals surface area contributed by atoms with Crippen molar-refractivity contribution in [1.82, 2.24) is 15.1 Å². The lowest BCUT2D eigenvalue weighted by Gasteiger charge is -2.35. The van der Waals surface area contributed by atoms with Crippen LogP contribution in [0.25, 0.3) is 0 Å². The minimum absolute atomic E-state index is 0.751. The minimum atomic E-state index is 0.751. The van der Waals surface area contributed by atoms with Crippen LogP contribution >= 0.6 is 0 Å². The van der Waals surface area contributed by atoms with Crippen LogP contribution in [0.3, 0.4) is 0 Å². The van der Waals surface area contributed by atoms with Crippen molar-refractivity contribution < 1.29 is 4.42 Å². The van der Waals surface area contributed by atoms with Crippen molar-refractivity contribution in [3.8, 4) is 0 Å². The van der Waals surface area contributed by atoms with Crippen molar-refractivity contribution in [1.29, 1.82) is 0 Å². The molecule has 0 atom stereocenters. The normalized spacial score (nSPS) is 18.1. The van der Waals surface area contributed by atoms with E-state index in [9.17, 15) is 0 Å². The summed E-state index contributed by atoms with van der Waals surface area (Å²) in [7, 11) is 4.38. The Morgan fingerprint density at radius 3 is 2.65 bits per heavy atom. The molecule has 4 heteroatoms. The van der Waals surface area contributed by atoms with Crippen molar-refractivity contribution in [2.24, 2.45) is 0 Å². The highest BCUT2D eigenvalue weighted by Crippen LogP contribution is 2.20. The van der Waals surface area contributed by atoms with Crippen LogP contribution in [0.4, 0.5) is 0 Å². The second-order valence-electron chi connectivity index (χ2n) is 6.05. The lowest BCUT2D eigenvalue weighted by molar-refractivity contribution is 0.139. The average Bonchev–Trinajstić information content (AvgIpc) is 2.77. The first-order valence-corrected chi connectivity index (χ1v) is 7.77. The summed E-state index contributed by atoms with van der Waals surface area (Å²) in [5.41, 5.74) is 1.35. The lowest BCUT2D eigenvalue weighted by atomic mass is 10.0. The van der Waals surface area contributed by atoms with E-state index in [4.69, 9.17) is 4.42 Å². The lowest BCUT2D eigenvalue weighted by Crippen LogP contribution is -2.41. The van der Waals surface area contributed by atoms with E-state index in [1.807, 2.05) is 0 Å². The molecule has 1 N–H and O–H groups in total. The molecule has 1 aliphatic rings. The molecule has 0 radical (unpaired) electrons. The maximum absolute atomic E-state index is 5.82. The Labute approximate surface area is 123 Å². The molecule has 0 bridgehead atoms. The Morgan fingerprint density at radius 2 is 2.05 bits per heavy atom. The zero-order valence-electron chi connectivity index (χ0n) is 13.4. The molecule has 2 rings (SSSR count). The number of aryl methyl sites for hydroxylation is 1. The molecule has 0 aromatic carbocycles. The van der Waals surface area contributed by atoms with E-state index in [-0.39, 0.29) is 0 Å². The molecule has 1 fully saturated rings. The molecule has 0 amide bonds. The Balaban J connectivity index is 1.86. The van der Waals surface area contributed by atoms with Crippen molar-refractivity contribution in [2.45, 2.75) is 45.8 Å². The molecule has 114 valence electrons. The molecule has 2 heterocycles. The van der Waals surface area contributed by atoms with Crippen molar-refractivity contribution in [3.63, 3.8) is 0 Å². The number of furan rings is 1. The molecule has 4 nitrogen and oxygen atoms in total. The third kappa shape index (κ3) is 4.08. The zero-order chi connectivity index (χ0) is 14.5. The monoisotopic (exact) mass is 279 g/mol. The summed E-state index contributed by atoms with van der Waals surface area (Å²) < 4.78 is 5.82. The van der Waals surface area contributed by atoms with Gasteiger partial charge in [-0.25, -0.2) is 0 Å². The van der Waals surface area contributed by atoms with Gasteiger partial charge in [-0.05, 0) is 59.6 Å². The smallest absolute Gasteiger partial charge is 0.118 e. The summed E-state index contributed by atoms with van der Waals surface area (Å²) in [6.45, 7) is 9.42. The zero-order valence-corrected chi connectivity index (χ0v) is 13.4. The van der Waals surface area contributed by atoms with Gasteiger partial charge in [-0.1, -0.05) is 6.92 Å². The van der Waals surface area contributed by atoms with Crippen LogP contribution in [-0.2, 0) is 13.1 Å². The Bertz CT molecular complexity index is 406. The van der Waals surface area contributed by atoms with Gasteiger partial charge < -0.3 is 14.6 Å². The molecule has 1 aliphatic heterocycles. The van der Waals surface area contributed by atoms with Gasteiger partial charge in [0.05, 0.1) is 6.54 Å². The van der Waals surface area contributed by atoms with Crippen LogP contribution in [0.2, 0.25) is 0 Å². The molecule has 0 spiro atoms. The summed E-state index contributed by atoms with van der Waals surface area (Å²) in [6.07, 6.45) is 2.54. The quantitative estimate of drug-likeness (QED) is 0.865. The van der Waals surface area contributed by atoms with E-state index in [0.29, 0.717) is 0 Å². The number of piperidine rings is 1. The SMILES string of the molecule is CCNCc1cc(CN2CCC(N(C)C)CC2)c(C)o1. The van der Waals surface area contributed by atoms with Crippen LogP contribution in [0.5, 0.6) is 0 Å². The maximum Gasteiger partial charge on any atom is 0.118 e.